The van der Waals surface area contributed by atoms with Crippen molar-refractivity contribution in [3.63, 3.8) is 0 Å². The number of oxazole rings is 1. The number of benzene rings is 2. The summed E-state index contributed by atoms with van der Waals surface area (Å²) < 4.78 is 36.8. The van der Waals surface area contributed by atoms with Gasteiger partial charge >= 0.3 is 5.97 Å². The molecule has 1 aromatic heterocycles. The Morgan fingerprint density at radius 1 is 1.18 bits per heavy atom. The van der Waals surface area contributed by atoms with Crippen LogP contribution >= 0.6 is 15.9 Å². The lowest BCUT2D eigenvalue weighted by molar-refractivity contribution is 0.0467. The fraction of sp³-hybridized carbons (Fsp3) is 0.158. The van der Waals surface area contributed by atoms with Crippen LogP contribution in [-0.2, 0) is 21.4 Å². The van der Waals surface area contributed by atoms with Crippen molar-refractivity contribution in [3.8, 4) is 11.5 Å². The third kappa shape index (κ3) is 4.32. The molecule has 3 rings (SSSR count). The van der Waals surface area contributed by atoms with Crippen LogP contribution in [0.25, 0.3) is 11.5 Å². The molecule has 0 amide bonds. The van der Waals surface area contributed by atoms with Gasteiger partial charge in [0.25, 0.3) is 0 Å². The Hall–Kier alpha value is -2.49. The van der Waals surface area contributed by atoms with E-state index in [1.54, 1.807) is 0 Å². The van der Waals surface area contributed by atoms with Crippen molar-refractivity contribution in [1.82, 2.24) is 9.29 Å². The van der Waals surface area contributed by atoms with E-state index in [9.17, 15) is 13.2 Å². The highest BCUT2D eigenvalue weighted by Crippen LogP contribution is 2.26. The molecule has 0 aliphatic rings. The van der Waals surface area contributed by atoms with E-state index in [2.05, 4.69) is 20.9 Å². The molecule has 0 saturated carbocycles. The standard InChI is InChI=1S/C19H17BrN2O5S/c1-22(2)28(24,25)17-10-14(8-9-16(17)20)19(23)27-12-15-11-26-18(21-15)13-6-4-3-5-7-13/h3-11H,12H2,1-2H3. The molecule has 0 spiro atoms. The number of carbonyl (C=O) groups is 1. The summed E-state index contributed by atoms with van der Waals surface area (Å²) in [5.74, 6) is -0.235. The number of hydrogen-bond acceptors (Lipinski definition) is 6. The Labute approximate surface area is 171 Å². The van der Waals surface area contributed by atoms with Gasteiger partial charge in [0.1, 0.15) is 18.6 Å². The van der Waals surface area contributed by atoms with Gasteiger partial charge in [0.05, 0.1) is 10.5 Å². The minimum atomic E-state index is -3.71. The van der Waals surface area contributed by atoms with Gasteiger partial charge in [-0.25, -0.2) is 22.5 Å². The summed E-state index contributed by atoms with van der Waals surface area (Å²) in [7, 11) is -0.870. The minimum Gasteiger partial charge on any atom is -0.455 e. The van der Waals surface area contributed by atoms with Crippen LogP contribution in [0.5, 0.6) is 0 Å². The lowest BCUT2D eigenvalue weighted by atomic mass is 10.2. The second kappa shape index (κ2) is 8.26. The molecule has 0 aliphatic heterocycles. The highest BCUT2D eigenvalue weighted by molar-refractivity contribution is 9.10. The molecule has 146 valence electrons. The van der Waals surface area contributed by atoms with E-state index in [0.717, 1.165) is 9.87 Å². The first kappa shape index (κ1) is 20.2. The molecule has 0 radical (unpaired) electrons. The van der Waals surface area contributed by atoms with E-state index in [1.807, 2.05) is 30.3 Å². The Balaban J connectivity index is 1.73. The summed E-state index contributed by atoms with van der Waals surface area (Å²) in [5.41, 5.74) is 1.38. The Kier molecular flexibility index (Phi) is 5.97. The van der Waals surface area contributed by atoms with Crippen LogP contribution in [0.15, 0.2) is 68.6 Å². The number of esters is 1. The highest BCUT2D eigenvalue weighted by Gasteiger charge is 2.22. The van der Waals surface area contributed by atoms with Crippen molar-refractivity contribution in [1.29, 1.82) is 0 Å². The molecular weight excluding hydrogens is 448 g/mol. The largest absolute Gasteiger partial charge is 0.455 e. The van der Waals surface area contributed by atoms with Crippen molar-refractivity contribution in [3.05, 3.63) is 70.5 Å². The minimum absolute atomic E-state index is 0.0141. The number of aromatic nitrogens is 1. The molecule has 0 N–H and O–H groups in total. The van der Waals surface area contributed by atoms with Gasteiger partial charge in [0.15, 0.2) is 0 Å². The summed E-state index contributed by atoms with van der Waals surface area (Å²) in [6.07, 6.45) is 1.42. The van der Waals surface area contributed by atoms with Crippen LogP contribution < -0.4 is 0 Å². The molecule has 0 fully saturated rings. The Morgan fingerprint density at radius 2 is 1.89 bits per heavy atom. The quantitative estimate of drug-likeness (QED) is 0.516. The van der Waals surface area contributed by atoms with Crippen LogP contribution in [0.3, 0.4) is 0 Å². The molecule has 1 heterocycles. The van der Waals surface area contributed by atoms with E-state index >= 15 is 0 Å². The number of rotatable bonds is 6. The lowest BCUT2D eigenvalue weighted by Gasteiger charge is -2.13. The van der Waals surface area contributed by atoms with E-state index in [-0.39, 0.29) is 17.1 Å². The average Bonchev–Trinajstić information content (AvgIpc) is 3.16. The number of sulfonamides is 1. The zero-order valence-corrected chi connectivity index (χ0v) is 17.5. The maximum atomic E-state index is 12.4. The van der Waals surface area contributed by atoms with Crippen molar-refractivity contribution in [2.45, 2.75) is 11.5 Å². The second-order valence-electron chi connectivity index (χ2n) is 6.02. The van der Waals surface area contributed by atoms with Crippen LogP contribution in [0, 0.1) is 0 Å². The van der Waals surface area contributed by atoms with Gasteiger partial charge in [-0.15, -0.1) is 0 Å². The molecule has 0 bridgehead atoms. The molecule has 9 heteroatoms. The highest BCUT2D eigenvalue weighted by atomic mass is 79.9. The summed E-state index contributed by atoms with van der Waals surface area (Å²) >= 11 is 3.20. The fourth-order valence-corrected chi connectivity index (χ4v) is 4.18. The van der Waals surface area contributed by atoms with Gasteiger partial charge in [-0.05, 0) is 46.3 Å². The van der Waals surface area contributed by atoms with Gasteiger partial charge in [-0.3, -0.25) is 0 Å². The zero-order chi connectivity index (χ0) is 20.3. The van der Waals surface area contributed by atoms with Gasteiger partial charge in [-0.2, -0.15) is 0 Å². The van der Waals surface area contributed by atoms with Crippen LogP contribution in [0.4, 0.5) is 0 Å². The maximum Gasteiger partial charge on any atom is 0.338 e. The van der Waals surface area contributed by atoms with Crippen molar-refractivity contribution < 1.29 is 22.4 Å². The molecular formula is C19H17BrN2O5S. The first-order valence-corrected chi connectivity index (χ1v) is 10.4. The molecule has 0 saturated heterocycles. The number of hydrogen-bond donors (Lipinski definition) is 0. The number of halogens is 1. The average molecular weight is 465 g/mol. The van der Waals surface area contributed by atoms with Gasteiger partial charge in [0.2, 0.25) is 15.9 Å². The van der Waals surface area contributed by atoms with Crippen molar-refractivity contribution >= 4 is 31.9 Å². The van der Waals surface area contributed by atoms with Crippen LogP contribution in [-0.4, -0.2) is 37.8 Å². The lowest BCUT2D eigenvalue weighted by Crippen LogP contribution is -2.23. The Morgan fingerprint density at radius 3 is 2.57 bits per heavy atom. The first-order valence-electron chi connectivity index (χ1n) is 8.18. The number of nitrogens with zero attached hydrogens (tertiary/aromatic N) is 2. The molecule has 0 aliphatic carbocycles. The van der Waals surface area contributed by atoms with Crippen LogP contribution in [0.2, 0.25) is 0 Å². The summed E-state index contributed by atoms with van der Waals surface area (Å²) in [4.78, 5) is 16.6. The number of carbonyl (C=O) groups excluding carboxylic acids is 1. The van der Waals surface area contributed by atoms with Crippen LogP contribution in [0.1, 0.15) is 16.1 Å². The predicted octanol–water partition coefficient (Wildman–Crippen LogP) is 3.71. The summed E-state index contributed by atoms with van der Waals surface area (Å²) in [5, 5.41) is 0. The fourth-order valence-electron chi connectivity index (χ4n) is 2.33. The second-order valence-corrected chi connectivity index (χ2v) is 8.99. The van der Waals surface area contributed by atoms with E-state index in [1.165, 1.54) is 38.6 Å². The van der Waals surface area contributed by atoms with E-state index < -0.39 is 16.0 Å². The monoisotopic (exact) mass is 464 g/mol. The van der Waals surface area contributed by atoms with Gasteiger partial charge in [-0.1, -0.05) is 18.2 Å². The molecule has 0 unspecified atom stereocenters. The summed E-state index contributed by atoms with van der Waals surface area (Å²) in [6.45, 7) is -0.0962. The molecule has 2 aromatic carbocycles. The SMILES string of the molecule is CN(C)S(=O)(=O)c1cc(C(=O)OCc2coc(-c3ccccc3)n2)ccc1Br. The smallest absolute Gasteiger partial charge is 0.338 e. The topological polar surface area (TPSA) is 89.7 Å². The maximum absolute atomic E-state index is 12.4. The third-order valence-electron chi connectivity index (χ3n) is 3.85. The van der Waals surface area contributed by atoms with Gasteiger partial charge < -0.3 is 9.15 Å². The third-order valence-corrected chi connectivity index (χ3v) is 6.66. The molecule has 28 heavy (non-hydrogen) atoms. The van der Waals surface area contributed by atoms with E-state index in [0.29, 0.717) is 16.1 Å². The van der Waals surface area contributed by atoms with Gasteiger partial charge in [0, 0.05) is 24.1 Å². The van der Waals surface area contributed by atoms with Crippen molar-refractivity contribution in [2.75, 3.05) is 14.1 Å². The Bertz CT molecular complexity index is 1090. The van der Waals surface area contributed by atoms with Crippen molar-refractivity contribution in [2.24, 2.45) is 0 Å². The molecule has 7 nitrogen and oxygen atoms in total. The zero-order valence-electron chi connectivity index (χ0n) is 15.1. The normalized spacial score (nSPS) is 11.6. The first-order chi connectivity index (χ1) is 13.3. The number of ether oxygens (including phenoxy) is 1. The summed E-state index contributed by atoms with van der Waals surface area (Å²) in [6, 6.07) is 13.6. The molecule has 0 atom stereocenters. The predicted molar refractivity (Wildman–Crippen MR) is 106 cm³/mol. The van der Waals surface area contributed by atoms with E-state index in [4.69, 9.17) is 9.15 Å². The molecule has 3 aromatic rings.